The Hall–Kier alpha value is -2.40. The second-order valence-electron chi connectivity index (χ2n) is 7.58. The van der Waals surface area contributed by atoms with Gasteiger partial charge in [-0.25, -0.2) is 0 Å². The monoisotopic (exact) mass is 353 g/mol. The summed E-state index contributed by atoms with van der Waals surface area (Å²) in [6, 6.07) is 9.80. The van der Waals surface area contributed by atoms with E-state index in [1.54, 1.807) is 0 Å². The van der Waals surface area contributed by atoms with Crippen molar-refractivity contribution < 1.29 is 19.4 Å². The van der Waals surface area contributed by atoms with Crippen LogP contribution in [0.5, 0.6) is 0 Å². The van der Waals surface area contributed by atoms with Crippen LogP contribution in [0.3, 0.4) is 0 Å². The first-order valence-electron chi connectivity index (χ1n) is 9.03. The molecule has 26 heavy (non-hydrogen) atoms. The van der Waals surface area contributed by atoms with Crippen molar-refractivity contribution in [3.05, 3.63) is 60.2 Å². The van der Waals surface area contributed by atoms with Crippen LogP contribution in [0.1, 0.15) is 18.9 Å². The number of ether oxygens (including phenoxy) is 1. The van der Waals surface area contributed by atoms with E-state index in [1.165, 1.54) is 0 Å². The lowest BCUT2D eigenvalue weighted by Crippen LogP contribution is -2.45. The number of carboxylic acids is 1. The van der Waals surface area contributed by atoms with Crippen molar-refractivity contribution in [3.63, 3.8) is 0 Å². The molecule has 3 aliphatic heterocycles. The first kappa shape index (κ1) is 17.0. The van der Waals surface area contributed by atoms with E-state index in [0.29, 0.717) is 13.0 Å². The molecule has 1 aromatic rings. The summed E-state index contributed by atoms with van der Waals surface area (Å²) in [5, 5.41) is 9.66. The molecule has 3 aliphatic rings. The van der Waals surface area contributed by atoms with Gasteiger partial charge in [0.2, 0.25) is 5.91 Å². The van der Waals surface area contributed by atoms with Crippen LogP contribution in [0, 0.1) is 11.8 Å². The van der Waals surface area contributed by atoms with E-state index < -0.39 is 29.5 Å². The molecule has 4 rings (SSSR count). The Bertz CT molecular complexity index is 786. The average Bonchev–Trinajstić information content (AvgIpc) is 3.24. The Morgan fingerprint density at radius 1 is 1.35 bits per heavy atom. The van der Waals surface area contributed by atoms with Gasteiger partial charge in [0.1, 0.15) is 11.5 Å². The third-order valence-electron chi connectivity index (χ3n) is 5.84. The van der Waals surface area contributed by atoms with Crippen molar-refractivity contribution >= 4 is 11.9 Å². The minimum atomic E-state index is -0.960. The van der Waals surface area contributed by atoms with Crippen LogP contribution in [0.15, 0.2) is 54.6 Å². The molecule has 5 atom stereocenters. The maximum absolute atomic E-state index is 13.2. The molecule has 0 radical (unpaired) electrons. The molecule has 1 amide bonds. The van der Waals surface area contributed by atoms with Crippen molar-refractivity contribution in [2.75, 3.05) is 6.54 Å². The number of carbonyl (C=O) groups excluding carboxylic acids is 1. The zero-order chi connectivity index (χ0) is 18.5. The number of likely N-dealkylation sites (tertiary alicyclic amines) is 1. The third-order valence-corrected chi connectivity index (χ3v) is 5.84. The van der Waals surface area contributed by atoms with E-state index in [-0.39, 0.29) is 11.9 Å². The quantitative estimate of drug-likeness (QED) is 0.798. The number of nitrogens with zero attached hydrogens (tertiary/aromatic N) is 1. The highest BCUT2D eigenvalue weighted by atomic mass is 16.5. The van der Waals surface area contributed by atoms with Gasteiger partial charge in [-0.1, -0.05) is 48.1 Å². The van der Waals surface area contributed by atoms with Crippen molar-refractivity contribution in [2.24, 2.45) is 11.8 Å². The minimum Gasteiger partial charge on any atom is -0.481 e. The highest BCUT2D eigenvalue weighted by Crippen LogP contribution is 2.55. The van der Waals surface area contributed by atoms with Gasteiger partial charge >= 0.3 is 5.97 Å². The Labute approximate surface area is 152 Å². The van der Waals surface area contributed by atoms with Gasteiger partial charge in [-0.05, 0) is 25.3 Å². The van der Waals surface area contributed by atoms with Gasteiger partial charge in [0, 0.05) is 6.54 Å². The lowest BCUT2D eigenvalue weighted by molar-refractivity contribution is -0.148. The second kappa shape index (κ2) is 6.09. The molecule has 1 N–H and O–H groups in total. The number of hydrogen-bond donors (Lipinski definition) is 1. The van der Waals surface area contributed by atoms with Crippen LogP contribution < -0.4 is 0 Å². The zero-order valence-electron chi connectivity index (χ0n) is 14.8. The smallest absolute Gasteiger partial charge is 0.310 e. The third kappa shape index (κ3) is 2.42. The van der Waals surface area contributed by atoms with E-state index in [4.69, 9.17) is 4.74 Å². The maximum atomic E-state index is 13.2. The molecule has 5 nitrogen and oxygen atoms in total. The summed E-state index contributed by atoms with van der Waals surface area (Å²) in [5.74, 6) is -2.51. The normalized spacial score (nSPS) is 34.3. The number of benzene rings is 1. The van der Waals surface area contributed by atoms with Crippen LogP contribution >= 0.6 is 0 Å². The van der Waals surface area contributed by atoms with Gasteiger partial charge < -0.3 is 14.7 Å². The van der Waals surface area contributed by atoms with Gasteiger partial charge in [-0.3, -0.25) is 9.59 Å². The predicted molar refractivity (Wildman–Crippen MR) is 96.4 cm³/mol. The van der Waals surface area contributed by atoms with E-state index in [9.17, 15) is 14.7 Å². The van der Waals surface area contributed by atoms with Gasteiger partial charge in [-0.15, -0.1) is 6.58 Å². The highest BCUT2D eigenvalue weighted by molar-refractivity contribution is 5.91. The standard InChI is InChI=1S/C21H23NO4/c1-13(2)12-16-21-10-8-15(26-21)17(20(24)25)18(21)19(23)22(16)11-9-14-6-4-3-5-7-14/h3-8,10,15-18H,1,9,11-12H2,2H3,(H,24,25)/t15-,16-,17-,18-,21+/m0/s1. The molecule has 0 saturated carbocycles. The Morgan fingerprint density at radius 3 is 2.73 bits per heavy atom. The molecule has 136 valence electrons. The fourth-order valence-electron chi connectivity index (χ4n) is 4.76. The number of carbonyl (C=O) groups is 2. The topological polar surface area (TPSA) is 66.8 Å². The maximum Gasteiger partial charge on any atom is 0.310 e. The van der Waals surface area contributed by atoms with Crippen LogP contribution in [-0.2, 0) is 20.7 Å². The first-order chi connectivity index (χ1) is 12.4. The van der Waals surface area contributed by atoms with Gasteiger partial charge in [0.05, 0.1) is 18.1 Å². The molecule has 0 aromatic heterocycles. The van der Waals surface area contributed by atoms with Crippen LogP contribution in [-0.4, -0.2) is 46.2 Å². The van der Waals surface area contributed by atoms with E-state index in [0.717, 1.165) is 17.6 Å². The molecule has 1 aromatic carbocycles. The molecule has 1 spiro atoms. The molecule has 0 unspecified atom stereocenters. The second-order valence-corrected chi connectivity index (χ2v) is 7.58. The Kier molecular flexibility index (Phi) is 3.99. The van der Waals surface area contributed by atoms with Crippen molar-refractivity contribution in [2.45, 2.75) is 37.5 Å². The largest absolute Gasteiger partial charge is 0.481 e. The lowest BCUT2D eigenvalue weighted by Gasteiger charge is -2.33. The van der Waals surface area contributed by atoms with E-state index in [1.807, 2.05) is 54.3 Å². The number of rotatable bonds is 6. The number of hydrogen-bond acceptors (Lipinski definition) is 3. The van der Waals surface area contributed by atoms with E-state index in [2.05, 4.69) is 6.58 Å². The summed E-state index contributed by atoms with van der Waals surface area (Å²) < 4.78 is 6.13. The fraction of sp³-hybridized carbons (Fsp3) is 0.429. The van der Waals surface area contributed by atoms with Crippen LogP contribution in [0.25, 0.3) is 0 Å². The van der Waals surface area contributed by atoms with Crippen molar-refractivity contribution in [3.8, 4) is 0 Å². The lowest BCUT2D eigenvalue weighted by atomic mass is 9.74. The molecule has 2 bridgehead atoms. The predicted octanol–water partition coefficient (Wildman–Crippen LogP) is 2.43. The van der Waals surface area contributed by atoms with E-state index >= 15 is 0 Å². The zero-order valence-corrected chi connectivity index (χ0v) is 14.8. The molecule has 0 aliphatic carbocycles. The van der Waals surface area contributed by atoms with Gasteiger partial charge in [0.25, 0.3) is 0 Å². The highest BCUT2D eigenvalue weighted by Gasteiger charge is 2.70. The molecule has 5 heteroatoms. The van der Waals surface area contributed by atoms with Crippen LogP contribution in [0.2, 0.25) is 0 Å². The number of carboxylic acid groups (broad SMARTS) is 1. The Balaban J connectivity index is 1.65. The average molecular weight is 353 g/mol. The molecular formula is C21H23NO4. The number of aliphatic carboxylic acids is 1. The Morgan fingerprint density at radius 2 is 2.08 bits per heavy atom. The molecule has 2 fully saturated rings. The molecule has 3 heterocycles. The summed E-state index contributed by atoms with van der Waals surface area (Å²) in [7, 11) is 0. The van der Waals surface area contributed by atoms with Crippen molar-refractivity contribution in [1.82, 2.24) is 4.90 Å². The summed E-state index contributed by atoms with van der Waals surface area (Å²) >= 11 is 0. The van der Waals surface area contributed by atoms with Gasteiger partial charge in [-0.2, -0.15) is 0 Å². The number of fused-ring (bicyclic) bond motifs is 1. The summed E-state index contributed by atoms with van der Waals surface area (Å²) in [6.45, 7) is 6.49. The molecular weight excluding hydrogens is 330 g/mol. The van der Waals surface area contributed by atoms with Crippen LogP contribution in [0.4, 0.5) is 0 Å². The minimum absolute atomic E-state index is 0.105. The number of amides is 1. The molecule has 2 saturated heterocycles. The van der Waals surface area contributed by atoms with Crippen molar-refractivity contribution in [1.29, 1.82) is 0 Å². The van der Waals surface area contributed by atoms with Gasteiger partial charge in [0.15, 0.2) is 0 Å². The summed E-state index contributed by atoms with van der Waals surface area (Å²) in [6.07, 6.45) is 4.57. The summed E-state index contributed by atoms with van der Waals surface area (Å²) in [4.78, 5) is 26.8. The SMILES string of the molecule is C=C(C)C[C@@H]1N(CCc2ccccc2)C(=O)[C@@H]2[C@@H](C(=O)O)[C@@H]3C=C[C@]21O3. The summed E-state index contributed by atoms with van der Waals surface area (Å²) in [5.41, 5.74) is 1.28. The first-order valence-corrected chi connectivity index (χ1v) is 9.03. The fourth-order valence-corrected chi connectivity index (χ4v) is 4.76.